The zero-order valence-electron chi connectivity index (χ0n) is 14.3. The molecule has 2 fully saturated rings. The van der Waals surface area contributed by atoms with E-state index in [1.54, 1.807) is 31.4 Å². The summed E-state index contributed by atoms with van der Waals surface area (Å²) in [5, 5.41) is 9.23. The summed E-state index contributed by atoms with van der Waals surface area (Å²) in [4.78, 5) is 19.9. The highest BCUT2D eigenvalue weighted by atomic mass is 16.5. The SMILES string of the molecule is CN(C)C(=O)[C@H]1CC[C@@H](C2CCN(c3ccncc3C#N)CC2)O1. The Labute approximate surface area is 143 Å². The summed E-state index contributed by atoms with van der Waals surface area (Å²) in [6, 6.07) is 4.13. The zero-order chi connectivity index (χ0) is 17.1. The molecule has 3 rings (SSSR count). The Balaban J connectivity index is 1.56. The third-order valence-corrected chi connectivity index (χ3v) is 5.09. The molecule has 6 heteroatoms. The molecule has 3 heterocycles. The number of carbonyl (C=O) groups excluding carboxylic acids is 1. The van der Waals surface area contributed by atoms with Crippen LogP contribution >= 0.6 is 0 Å². The van der Waals surface area contributed by atoms with Crippen LogP contribution in [0.3, 0.4) is 0 Å². The van der Waals surface area contributed by atoms with E-state index in [1.165, 1.54) is 0 Å². The Morgan fingerprint density at radius 2 is 2.08 bits per heavy atom. The Hall–Kier alpha value is -2.13. The van der Waals surface area contributed by atoms with Crippen LogP contribution in [0.2, 0.25) is 0 Å². The topological polar surface area (TPSA) is 69.5 Å². The van der Waals surface area contributed by atoms with Crippen molar-refractivity contribution < 1.29 is 9.53 Å². The van der Waals surface area contributed by atoms with Crippen LogP contribution in [0.4, 0.5) is 5.69 Å². The second-order valence-corrected chi connectivity index (χ2v) is 6.80. The lowest BCUT2D eigenvalue weighted by atomic mass is 9.89. The molecule has 0 saturated carbocycles. The maximum atomic E-state index is 12.0. The molecule has 0 spiro atoms. The van der Waals surface area contributed by atoms with Gasteiger partial charge in [0.05, 0.1) is 17.4 Å². The van der Waals surface area contributed by atoms with Gasteiger partial charge in [0.25, 0.3) is 5.91 Å². The molecular formula is C18H24N4O2. The maximum Gasteiger partial charge on any atom is 0.251 e. The zero-order valence-corrected chi connectivity index (χ0v) is 14.3. The third kappa shape index (κ3) is 3.36. The van der Waals surface area contributed by atoms with Crippen LogP contribution < -0.4 is 4.90 Å². The van der Waals surface area contributed by atoms with E-state index in [9.17, 15) is 10.1 Å². The first-order chi connectivity index (χ1) is 11.6. The average molecular weight is 328 g/mol. The molecule has 0 aliphatic carbocycles. The first-order valence-corrected chi connectivity index (χ1v) is 8.56. The molecule has 0 unspecified atom stereocenters. The molecule has 128 valence electrons. The smallest absolute Gasteiger partial charge is 0.251 e. The van der Waals surface area contributed by atoms with E-state index in [0.717, 1.165) is 44.5 Å². The number of hydrogen-bond donors (Lipinski definition) is 0. The number of nitriles is 1. The third-order valence-electron chi connectivity index (χ3n) is 5.09. The molecule has 1 aromatic rings. The molecule has 0 N–H and O–H groups in total. The van der Waals surface area contributed by atoms with E-state index < -0.39 is 0 Å². The van der Waals surface area contributed by atoms with Gasteiger partial charge >= 0.3 is 0 Å². The monoisotopic (exact) mass is 328 g/mol. The Kier molecular flexibility index (Phi) is 5.00. The van der Waals surface area contributed by atoms with Gasteiger partial charge in [-0.1, -0.05) is 0 Å². The highest BCUT2D eigenvalue weighted by molar-refractivity contribution is 5.80. The van der Waals surface area contributed by atoms with Crippen molar-refractivity contribution in [2.24, 2.45) is 5.92 Å². The van der Waals surface area contributed by atoms with Gasteiger partial charge in [-0.05, 0) is 37.7 Å². The summed E-state index contributed by atoms with van der Waals surface area (Å²) in [6.07, 6.45) is 7.13. The normalized spacial score (nSPS) is 24.6. The van der Waals surface area contributed by atoms with Crippen molar-refractivity contribution in [1.29, 1.82) is 5.26 Å². The van der Waals surface area contributed by atoms with Crippen LogP contribution in [-0.4, -0.2) is 55.2 Å². The number of likely N-dealkylation sites (N-methyl/N-ethyl adjacent to an activating group) is 1. The summed E-state index contributed by atoms with van der Waals surface area (Å²) in [7, 11) is 3.55. The van der Waals surface area contributed by atoms with Crippen molar-refractivity contribution >= 4 is 11.6 Å². The molecule has 24 heavy (non-hydrogen) atoms. The molecule has 2 aliphatic rings. The number of anilines is 1. The first kappa shape index (κ1) is 16.7. The minimum Gasteiger partial charge on any atom is -0.370 e. The number of piperidine rings is 1. The second-order valence-electron chi connectivity index (χ2n) is 6.80. The number of rotatable bonds is 3. The molecule has 2 saturated heterocycles. The quantitative estimate of drug-likeness (QED) is 0.846. The Bertz CT molecular complexity index is 632. The van der Waals surface area contributed by atoms with Gasteiger partial charge in [-0.15, -0.1) is 0 Å². The molecule has 6 nitrogen and oxygen atoms in total. The van der Waals surface area contributed by atoms with E-state index in [0.29, 0.717) is 11.5 Å². The van der Waals surface area contributed by atoms with Crippen LogP contribution in [0, 0.1) is 17.2 Å². The van der Waals surface area contributed by atoms with Crippen molar-refractivity contribution in [2.45, 2.75) is 37.9 Å². The number of carbonyl (C=O) groups is 1. The van der Waals surface area contributed by atoms with Crippen molar-refractivity contribution in [3.8, 4) is 6.07 Å². The van der Waals surface area contributed by atoms with Crippen LogP contribution in [0.1, 0.15) is 31.2 Å². The molecule has 0 bridgehead atoms. The Morgan fingerprint density at radius 1 is 1.33 bits per heavy atom. The standard InChI is InChI=1S/C18H24N4O2/c1-21(2)18(23)17-4-3-16(24-17)13-6-9-22(10-7-13)15-5-8-20-12-14(15)11-19/h5,8,12-13,16-17H,3-4,6-7,9-10H2,1-2H3/t16-,17+/m0/s1. The number of nitrogens with zero attached hydrogens (tertiary/aromatic N) is 4. The van der Waals surface area contributed by atoms with E-state index in [2.05, 4.69) is 16.0 Å². The van der Waals surface area contributed by atoms with Crippen LogP contribution in [0.5, 0.6) is 0 Å². The molecule has 2 aliphatic heterocycles. The van der Waals surface area contributed by atoms with Crippen molar-refractivity contribution in [2.75, 3.05) is 32.1 Å². The second kappa shape index (κ2) is 7.18. The fourth-order valence-electron chi connectivity index (χ4n) is 3.74. The molecule has 1 amide bonds. The van der Waals surface area contributed by atoms with Gasteiger partial charge in [-0.25, -0.2) is 0 Å². The lowest BCUT2D eigenvalue weighted by Gasteiger charge is -2.36. The number of hydrogen-bond acceptors (Lipinski definition) is 5. The number of ether oxygens (including phenoxy) is 1. The fraction of sp³-hybridized carbons (Fsp3) is 0.611. The van der Waals surface area contributed by atoms with Gasteiger partial charge in [-0.3, -0.25) is 9.78 Å². The van der Waals surface area contributed by atoms with Gasteiger partial charge in [0.1, 0.15) is 12.2 Å². The first-order valence-electron chi connectivity index (χ1n) is 8.56. The molecule has 1 aromatic heterocycles. The summed E-state index contributed by atoms with van der Waals surface area (Å²) >= 11 is 0. The number of amides is 1. The summed E-state index contributed by atoms with van der Waals surface area (Å²) in [5.74, 6) is 0.568. The van der Waals surface area contributed by atoms with Crippen molar-refractivity contribution in [1.82, 2.24) is 9.88 Å². The highest BCUT2D eigenvalue weighted by Gasteiger charge is 2.37. The van der Waals surface area contributed by atoms with Gasteiger partial charge in [-0.2, -0.15) is 5.26 Å². The van der Waals surface area contributed by atoms with E-state index in [-0.39, 0.29) is 18.1 Å². The lowest BCUT2D eigenvalue weighted by Crippen LogP contribution is -2.39. The molecule has 0 aromatic carbocycles. The van der Waals surface area contributed by atoms with E-state index in [1.807, 2.05) is 6.07 Å². The molecule has 0 radical (unpaired) electrons. The fourth-order valence-corrected chi connectivity index (χ4v) is 3.74. The predicted molar refractivity (Wildman–Crippen MR) is 90.5 cm³/mol. The van der Waals surface area contributed by atoms with E-state index in [4.69, 9.17) is 4.74 Å². The van der Waals surface area contributed by atoms with Gasteiger partial charge in [0.2, 0.25) is 0 Å². The predicted octanol–water partition coefficient (Wildman–Crippen LogP) is 1.81. The maximum absolute atomic E-state index is 12.0. The average Bonchev–Trinajstić information content (AvgIpc) is 3.11. The van der Waals surface area contributed by atoms with Crippen molar-refractivity contribution in [3.05, 3.63) is 24.0 Å². The number of pyridine rings is 1. The summed E-state index contributed by atoms with van der Waals surface area (Å²) in [6.45, 7) is 1.82. The van der Waals surface area contributed by atoms with E-state index >= 15 is 0 Å². The van der Waals surface area contributed by atoms with Crippen LogP contribution in [0.25, 0.3) is 0 Å². The Morgan fingerprint density at radius 3 is 2.75 bits per heavy atom. The van der Waals surface area contributed by atoms with Crippen LogP contribution in [-0.2, 0) is 9.53 Å². The highest BCUT2D eigenvalue weighted by Crippen LogP contribution is 2.34. The molecule has 2 atom stereocenters. The van der Waals surface area contributed by atoms with Gasteiger partial charge in [0, 0.05) is 39.6 Å². The minimum absolute atomic E-state index is 0.0744. The summed E-state index contributed by atoms with van der Waals surface area (Å²) < 4.78 is 6.04. The largest absolute Gasteiger partial charge is 0.370 e. The minimum atomic E-state index is -0.270. The van der Waals surface area contributed by atoms with Crippen LogP contribution in [0.15, 0.2) is 18.5 Å². The lowest BCUT2D eigenvalue weighted by molar-refractivity contribution is -0.141. The molecular weight excluding hydrogens is 304 g/mol. The summed E-state index contributed by atoms with van der Waals surface area (Å²) in [5.41, 5.74) is 1.60. The number of aromatic nitrogens is 1. The van der Waals surface area contributed by atoms with Gasteiger partial charge in [0.15, 0.2) is 0 Å². The van der Waals surface area contributed by atoms with Gasteiger partial charge < -0.3 is 14.5 Å². The van der Waals surface area contributed by atoms with Crippen molar-refractivity contribution in [3.63, 3.8) is 0 Å².